The second kappa shape index (κ2) is 8.44. The van der Waals surface area contributed by atoms with Gasteiger partial charge in [-0.05, 0) is 23.3 Å². The Morgan fingerprint density at radius 1 is 1.00 bits per heavy atom. The summed E-state index contributed by atoms with van der Waals surface area (Å²) in [5.74, 6) is -0.707. The van der Waals surface area contributed by atoms with Crippen molar-refractivity contribution in [3.8, 4) is 11.5 Å². The van der Waals surface area contributed by atoms with Crippen molar-refractivity contribution in [3.63, 3.8) is 0 Å². The van der Waals surface area contributed by atoms with E-state index in [2.05, 4.69) is 0 Å². The van der Waals surface area contributed by atoms with Gasteiger partial charge in [0.15, 0.2) is 18.1 Å². The molecule has 2 heterocycles. The molecule has 0 radical (unpaired) electrons. The second-order valence-electron chi connectivity index (χ2n) is 7.01. The molecule has 0 saturated heterocycles. The summed E-state index contributed by atoms with van der Waals surface area (Å²) in [7, 11) is 1.28. The number of hydrogen-bond acceptors (Lipinski definition) is 7. The quantitative estimate of drug-likeness (QED) is 0.704. The van der Waals surface area contributed by atoms with E-state index >= 15 is 0 Å². The van der Waals surface area contributed by atoms with Crippen molar-refractivity contribution < 1.29 is 33.3 Å². The van der Waals surface area contributed by atoms with Gasteiger partial charge in [-0.1, -0.05) is 36.4 Å². The third-order valence-corrected chi connectivity index (χ3v) is 5.15. The Balaban J connectivity index is 1.40. The first-order chi connectivity index (χ1) is 14.6. The number of hydrogen-bond donors (Lipinski definition) is 0. The lowest BCUT2D eigenvalue weighted by molar-refractivity contribution is -0.163. The van der Waals surface area contributed by atoms with Crippen molar-refractivity contribution in [1.29, 1.82) is 0 Å². The van der Waals surface area contributed by atoms with Crippen LogP contribution in [0.3, 0.4) is 0 Å². The summed E-state index contributed by atoms with van der Waals surface area (Å²) < 4.78 is 21.1. The van der Waals surface area contributed by atoms with Crippen LogP contribution in [0.4, 0.5) is 0 Å². The maximum atomic E-state index is 12.8. The monoisotopic (exact) mass is 411 g/mol. The molecule has 0 N–H and O–H groups in total. The number of esters is 2. The molecule has 0 saturated carbocycles. The third kappa shape index (κ3) is 3.94. The van der Waals surface area contributed by atoms with Gasteiger partial charge < -0.3 is 23.8 Å². The highest BCUT2D eigenvalue weighted by Gasteiger charge is 2.36. The molecule has 156 valence electrons. The van der Waals surface area contributed by atoms with Crippen LogP contribution in [0.25, 0.3) is 0 Å². The summed E-state index contributed by atoms with van der Waals surface area (Å²) in [6, 6.07) is 13.8. The molecule has 0 unspecified atom stereocenters. The van der Waals surface area contributed by atoms with E-state index in [-0.39, 0.29) is 13.2 Å². The minimum absolute atomic E-state index is 0.00802. The van der Waals surface area contributed by atoms with Crippen LogP contribution < -0.4 is 9.47 Å². The molecule has 0 fully saturated rings. The van der Waals surface area contributed by atoms with Crippen LogP contribution in [0.5, 0.6) is 11.5 Å². The highest BCUT2D eigenvalue weighted by Crippen LogP contribution is 2.31. The molecule has 2 atom stereocenters. The van der Waals surface area contributed by atoms with Crippen LogP contribution in [-0.2, 0) is 36.8 Å². The molecule has 30 heavy (non-hydrogen) atoms. The first kappa shape index (κ1) is 19.8. The van der Waals surface area contributed by atoms with Gasteiger partial charge in [-0.15, -0.1) is 0 Å². The number of amides is 1. The van der Waals surface area contributed by atoms with E-state index in [4.69, 9.17) is 18.9 Å². The van der Waals surface area contributed by atoms with Gasteiger partial charge in [0.05, 0.1) is 7.11 Å². The molecule has 0 aliphatic carbocycles. The minimum Gasteiger partial charge on any atom is -0.485 e. The summed E-state index contributed by atoms with van der Waals surface area (Å²) in [4.78, 5) is 38.8. The van der Waals surface area contributed by atoms with Crippen molar-refractivity contribution in [2.24, 2.45) is 0 Å². The van der Waals surface area contributed by atoms with Gasteiger partial charge in [-0.25, -0.2) is 9.59 Å². The smallest absolute Gasteiger partial charge is 0.351 e. The van der Waals surface area contributed by atoms with Crippen LogP contribution in [0, 0.1) is 0 Å². The Morgan fingerprint density at radius 2 is 1.70 bits per heavy atom. The first-order valence-electron chi connectivity index (χ1n) is 9.56. The zero-order valence-electron chi connectivity index (χ0n) is 16.4. The molecule has 2 aromatic carbocycles. The van der Waals surface area contributed by atoms with Crippen molar-refractivity contribution in [2.75, 3.05) is 20.3 Å². The number of rotatable bonds is 4. The van der Waals surface area contributed by atoms with E-state index in [9.17, 15) is 14.4 Å². The molecule has 2 aromatic rings. The topological polar surface area (TPSA) is 91.4 Å². The van der Waals surface area contributed by atoms with Crippen molar-refractivity contribution >= 4 is 17.8 Å². The van der Waals surface area contributed by atoms with Crippen molar-refractivity contribution in [3.05, 3.63) is 59.7 Å². The second-order valence-corrected chi connectivity index (χ2v) is 7.01. The largest absolute Gasteiger partial charge is 0.485 e. The maximum Gasteiger partial charge on any atom is 0.351 e. The van der Waals surface area contributed by atoms with E-state index in [0.29, 0.717) is 17.9 Å². The van der Waals surface area contributed by atoms with Crippen molar-refractivity contribution in [2.45, 2.75) is 25.1 Å². The summed E-state index contributed by atoms with van der Waals surface area (Å²) >= 11 is 0. The number of nitrogens with zero attached hydrogens (tertiary/aromatic N) is 1. The maximum absolute atomic E-state index is 12.8. The lowest BCUT2D eigenvalue weighted by Crippen LogP contribution is -2.50. The molecule has 0 spiro atoms. The fourth-order valence-electron chi connectivity index (χ4n) is 3.58. The average Bonchev–Trinajstić information content (AvgIpc) is 2.80. The number of carbonyl (C=O) groups excluding carboxylic acids is 3. The zero-order chi connectivity index (χ0) is 21.1. The Hall–Kier alpha value is -3.55. The standard InChI is InChI=1S/C22H21NO7/c1-27-21(25)16-10-14-6-2-3-7-15(14)11-23(16)20(24)13-29-22(26)19-12-28-17-8-4-5-9-18(17)30-19/h2-9,16,19H,10-13H2,1H3/t16-,19+/m1/s1. The molecule has 1 amide bonds. The molecule has 8 nitrogen and oxygen atoms in total. The summed E-state index contributed by atoms with van der Waals surface area (Å²) in [6.07, 6.45) is -0.620. The molecule has 0 aromatic heterocycles. The molecule has 8 heteroatoms. The third-order valence-electron chi connectivity index (χ3n) is 5.15. The number of carbonyl (C=O) groups is 3. The van der Waals surface area contributed by atoms with E-state index < -0.39 is 36.6 Å². The number of para-hydroxylation sites is 2. The summed E-state index contributed by atoms with van der Waals surface area (Å²) in [5.41, 5.74) is 1.93. The van der Waals surface area contributed by atoms with Crippen molar-refractivity contribution in [1.82, 2.24) is 4.90 Å². The fraction of sp³-hybridized carbons (Fsp3) is 0.318. The SMILES string of the molecule is COC(=O)[C@H]1Cc2ccccc2CN1C(=O)COC(=O)[C@@H]1COc2ccccc2O1. The van der Waals surface area contributed by atoms with E-state index in [1.807, 2.05) is 24.3 Å². The van der Waals surface area contributed by atoms with E-state index in [1.54, 1.807) is 24.3 Å². The van der Waals surface area contributed by atoms with Crippen LogP contribution in [0.2, 0.25) is 0 Å². The number of fused-ring (bicyclic) bond motifs is 2. The molecular formula is C22H21NO7. The Morgan fingerprint density at radius 3 is 2.47 bits per heavy atom. The number of benzene rings is 2. The van der Waals surface area contributed by atoms with Gasteiger partial charge in [0.25, 0.3) is 5.91 Å². The van der Waals surface area contributed by atoms with E-state index in [0.717, 1.165) is 11.1 Å². The van der Waals surface area contributed by atoms with Crippen LogP contribution in [0.15, 0.2) is 48.5 Å². The van der Waals surface area contributed by atoms with Gasteiger partial charge in [0, 0.05) is 13.0 Å². The Kier molecular flexibility index (Phi) is 5.56. The van der Waals surface area contributed by atoms with Crippen LogP contribution in [-0.4, -0.2) is 55.2 Å². The van der Waals surface area contributed by atoms with E-state index in [1.165, 1.54) is 12.0 Å². The van der Waals surface area contributed by atoms with Crippen LogP contribution >= 0.6 is 0 Å². The average molecular weight is 411 g/mol. The summed E-state index contributed by atoms with van der Waals surface area (Å²) in [6.45, 7) is -0.273. The Labute approximate surface area is 173 Å². The highest BCUT2D eigenvalue weighted by molar-refractivity contribution is 5.87. The molecular weight excluding hydrogens is 390 g/mol. The number of methoxy groups -OCH3 is 1. The zero-order valence-corrected chi connectivity index (χ0v) is 16.4. The van der Waals surface area contributed by atoms with Crippen LogP contribution in [0.1, 0.15) is 11.1 Å². The molecule has 2 aliphatic rings. The molecule has 0 bridgehead atoms. The first-order valence-corrected chi connectivity index (χ1v) is 9.56. The highest BCUT2D eigenvalue weighted by atomic mass is 16.6. The van der Waals surface area contributed by atoms with Gasteiger partial charge in [-0.2, -0.15) is 0 Å². The molecule has 2 aliphatic heterocycles. The molecule has 4 rings (SSSR count). The van der Waals surface area contributed by atoms with Gasteiger partial charge in [0.1, 0.15) is 12.6 Å². The lowest BCUT2D eigenvalue weighted by Gasteiger charge is -2.35. The van der Waals surface area contributed by atoms with Gasteiger partial charge in [-0.3, -0.25) is 4.79 Å². The lowest BCUT2D eigenvalue weighted by atomic mass is 9.94. The number of ether oxygens (including phenoxy) is 4. The predicted molar refractivity (Wildman–Crippen MR) is 104 cm³/mol. The minimum atomic E-state index is -0.966. The fourth-order valence-corrected chi connectivity index (χ4v) is 3.58. The predicted octanol–water partition coefficient (Wildman–Crippen LogP) is 1.50. The Bertz CT molecular complexity index is 973. The van der Waals surface area contributed by atoms with Gasteiger partial charge in [0.2, 0.25) is 6.10 Å². The summed E-state index contributed by atoms with van der Waals surface area (Å²) in [5, 5.41) is 0. The van der Waals surface area contributed by atoms with Gasteiger partial charge >= 0.3 is 11.9 Å². The normalized spacial score (nSPS) is 19.4.